The molecule has 0 heterocycles. The molecule has 1 aromatic rings. The SMILES string of the molecule is C[I-]c1cccc(C(=O)O)c1. The number of halogens is 1. The van der Waals surface area contributed by atoms with Crippen molar-refractivity contribution in [1.82, 2.24) is 0 Å². The van der Waals surface area contributed by atoms with Crippen LogP contribution >= 0.6 is 0 Å². The Morgan fingerprint density at radius 3 is 2.82 bits per heavy atom. The summed E-state index contributed by atoms with van der Waals surface area (Å²) in [5.41, 5.74) is 0.393. The van der Waals surface area contributed by atoms with Gasteiger partial charge < -0.3 is 0 Å². The molecule has 0 unspecified atom stereocenters. The van der Waals surface area contributed by atoms with Crippen LogP contribution in [0.3, 0.4) is 0 Å². The molecule has 11 heavy (non-hydrogen) atoms. The zero-order chi connectivity index (χ0) is 8.27. The van der Waals surface area contributed by atoms with Crippen LogP contribution in [0.2, 0.25) is 0 Å². The first-order chi connectivity index (χ1) is 5.24. The van der Waals surface area contributed by atoms with Crippen LogP contribution in [0.15, 0.2) is 24.3 Å². The Balaban J connectivity index is 3.01. The monoisotopic (exact) mass is 263 g/mol. The summed E-state index contributed by atoms with van der Waals surface area (Å²) in [6, 6.07) is 7.13. The first-order valence-corrected chi connectivity index (χ1v) is 6.30. The van der Waals surface area contributed by atoms with E-state index in [2.05, 4.69) is 4.93 Å². The molecular weight excluding hydrogens is 255 g/mol. The van der Waals surface area contributed by atoms with E-state index in [1.165, 1.54) is 3.57 Å². The molecule has 1 aromatic carbocycles. The second-order valence-corrected chi connectivity index (χ2v) is 4.33. The van der Waals surface area contributed by atoms with Gasteiger partial charge in [0.25, 0.3) is 0 Å². The molecule has 3 heteroatoms. The summed E-state index contributed by atoms with van der Waals surface area (Å²) in [5, 5.41) is 8.62. The third-order valence-corrected chi connectivity index (χ3v) is 3.21. The Labute approximate surface area is 75.5 Å². The molecule has 60 valence electrons. The van der Waals surface area contributed by atoms with Gasteiger partial charge in [-0.2, -0.15) is 0 Å². The van der Waals surface area contributed by atoms with Crippen LogP contribution in [0.4, 0.5) is 0 Å². The van der Waals surface area contributed by atoms with E-state index in [9.17, 15) is 4.79 Å². The second kappa shape index (κ2) is 3.71. The topological polar surface area (TPSA) is 37.3 Å². The number of carboxylic acids is 1. The number of alkyl halides is 1. The average molecular weight is 263 g/mol. The molecule has 1 rings (SSSR count). The molecule has 1 N–H and O–H groups in total. The van der Waals surface area contributed by atoms with Crippen molar-refractivity contribution in [3.8, 4) is 0 Å². The van der Waals surface area contributed by atoms with Gasteiger partial charge in [-0.25, -0.2) is 0 Å². The normalized spacial score (nSPS) is 9.91. The Morgan fingerprint density at radius 1 is 1.55 bits per heavy atom. The first-order valence-electron chi connectivity index (χ1n) is 3.07. The second-order valence-electron chi connectivity index (χ2n) is 2.00. The molecule has 2 nitrogen and oxygen atoms in total. The van der Waals surface area contributed by atoms with Crippen molar-refractivity contribution in [2.24, 2.45) is 0 Å². The third kappa shape index (κ3) is 2.18. The van der Waals surface area contributed by atoms with Gasteiger partial charge in [0.05, 0.1) is 0 Å². The molecule has 0 saturated heterocycles. The van der Waals surface area contributed by atoms with Crippen molar-refractivity contribution < 1.29 is 31.1 Å². The van der Waals surface area contributed by atoms with Crippen LogP contribution in [0.5, 0.6) is 0 Å². The van der Waals surface area contributed by atoms with E-state index in [1.54, 1.807) is 18.2 Å². The average Bonchev–Trinajstić information content (AvgIpc) is 2.05. The van der Waals surface area contributed by atoms with Gasteiger partial charge >= 0.3 is 75.4 Å². The zero-order valence-electron chi connectivity index (χ0n) is 6.04. The van der Waals surface area contributed by atoms with Crippen LogP contribution in [0.1, 0.15) is 10.4 Å². The van der Waals surface area contributed by atoms with E-state index in [0.29, 0.717) is 5.56 Å². The summed E-state index contributed by atoms with van der Waals surface area (Å²) in [4.78, 5) is 12.6. The van der Waals surface area contributed by atoms with Gasteiger partial charge in [0.15, 0.2) is 0 Å². The Hall–Kier alpha value is -0.580. The van der Waals surface area contributed by atoms with E-state index in [0.717, 1.165) is 0 Å². The molecule has 0 atom stereocenters. The van der Waals surface area contributed by atoms with Crippen molar-refractivity contribution in [1.29, 1.82) is 0 Å². The van der Waals surface area contributed by atoms with Gasteiger partial charge in [-0.05, 0) is 0 Å². The van der Waals surface area contributed by atoms with Gasteiger partial charge in [-0.3, -0.25) is 0 Å². The number of rotatable bonds is 2. The number of aromatic carboxylic acids is 1. The minimum absolute atomic E-state index is 0.00369. The van der Waals surface area contributed by atoms with Gasteiger partial charge in [0, 0.05) is 0 Å². The van der Waals surface area contributed by atoms with Crippen molar-refractivity contribution in [2.45, 2.75) is 0 Å². The van der Waals surface area contributed by atoms with Gasteiger partial charge in [0.1, 0.15) is 0 Å². The summed E-state index contributed by atoms with van der Waals surface area (Å²) in [5.74, 6) is -0.843. The maximum absolute atomic E-state index is 10.5. The summed E-state index contributed by atoms with van der Waals surface area (Å²) in [7, 11) is 0. The van der Waals surface area contributed by atoms with Crippen LogP contribution in [0.25, 0.3) is 0 Å². The van der Waals surface area contributed by atoms with Crippen molar-refractivity contribution in [3.63, 3.8) is 0 Å². The summed E-state index contributed by atoms with van der Waals surface area (Å²) in [6.07, 6.45) is 0. The molecule has 0 amide bonds. The van der Waals surface area contributed by atoms with Gasteiger partial charge in [0.2, 0.25) is 0 Å². The molecule has 0 aliphatic heterocycles. The predicted molar refractivity (Wildman–Crippen MR) is 38.0 cm³/mol. The fourth-order valence-electron chi connectivity index (χ4n) is 0.739. The Kier molecular flexibility index (Phi) is 2.87. The maximum atomic E-state index is 10.5. The van der Waals surface area contributed by atoms with Crippen molar-refractivity contribution in [2.75, 3.05) is 4.93 Å². The quantitative estimate of drug-likeness (QED) is 0.509. The van der Waals surface area contributed by atoms with Crippen LogP contribution < -0.4 is 21.2 Å². The van der Waals surface area contributed by atoms with Crippen LogP contribution in [0, 0.1) is 3.57 Å². The van der Waals surface area contributed by atoms with Crippen molar-refractivity contribution >= 4 is 5.97 Å². The molecule has 0 spiro atoms. The van der Waals surface area contributed by atoms with Gasteiger partial charge in [-0.1, -0.05) is 0 Å². The van der Waals surface area contributed by atoms with Crippen LogP contribution in [-0.4, -0.2) is 16.0 Å². The number of hydrogen-bond acceptors (Lipinski definition) is 1. The molecule has 0 aliphatic carbocycles. The van der Waals surface area contributed by atoms with E-state index in [1.807, 2.05) is 6.07 Å². The summed E-state index contributed by atoms with van der Waals surface area (Å²) in [6.45, 7) is 0. The van der Waals surface area contributed by atoms with Crippen LogP contribution in [-0.2, 0) is 0 Å². The fraction of sp³-hybridized carbons (Fsp3) is 0.125. The van der Waals surface area contributed by atoms with Crippen molar-refractivity contribution in [3.05, 3.63) is 33.4 Å². The molecule has 0 radical (unpaired) electrons. The standard InChI is InChI=1S/C8H8IO2/c1-9-7-4-2-3-6(5-7)8(10)11/h2-5H,1H3,(H,10,11)/q-1. The van der Waals surface area contributed by atoms with E-state index in [4.69, 9.17) is 5.11 Å². The Bertz CT molecular complexity index is 271. The zero-order valence-corrected chi connectivity index (χ0v) is 8.20. The van der Waals surface area contributed by atoms with E-state index >= 15 is 0 Å². The molecule has 0 aliphatic rings. The minimum atomic E-state index is -0.843. The third-order valence-electron chi connectivity index (χ3n) is 1.29. The van der Waals surface area contributed by atoms with E-state index < -0.39 is 5.97 Å². The summed E-state index contributed by atoms with van der Waals surface area (Å²) >= 11 is 0.00369. The number of hydrogen-bond donors (Lipinski definition) is 1. The predicted octanol–water partition coefficient (Wildman–Crippen LogP) is -1.73. The van der Waals surface area contributed by atoms with E-state index in [-0.39, 0.29) is 21.2 Å². The first kappa shape index (κ1) is 8.52. The summed E-state index contributed by atoms with van der Waals surface area (Å²) < 4.78 is 1.17. The number of carboxylic acid groups (broad SMARTS) is 1. The molecule has 0 saturated carbocycles. The molecular formula is C8H8IO2-. The molecule has 0 bridgehead atoms. The molecule has 0 fully saturated rings. The number of benzene rings is 1. The fourth-order valence-corrected chi connectivity index (χ4v) is 1.95. The Morgan fingerprint density at radius 2 is 2.27 bits per heavy atom. The van der Waals surface area contributed by atoms with Gasteiger partial charge in [-0.15, -0.1) is 0 Å². The number of carbonyl (C=O) groups is 1. The molecule has 0 aromatic heterocycles.